The molecule has 1 N–H and O–H groups in total. The van der Waals surface area contributed by atoms with Crippen molar-refractivity contribution in [1.82, 2.24) is 5.32 Å². The van der Waals surface area contributed by atoms with Crippen molar-refractivity contribution in [2.45, 2.75) is 51.5 Å². The summed E-state index contributed by atoms with van der Waals surface area (Å²) in [5.74, 6) is 0.723. The van der Waals surface area contributed by atoms with E-state index >= 15 is 0 Å². The number of amides is 1. The van der Waals surface area contributed by atoms with E-state index in [-0.39, 0.29) is 5.91 Å². The molecule has 0 unspecified atom stereocenters. The Morgan fingerprint density at radius 3 is 2.32 bits per heavy atom. The molecule has 102 valence electrons. The van der Waals surface area contributed by atoms with Crippen LogP contribution in [0.1, 0.15) is 51.0 Å². The molecule has 1 fully saturated rings. The van der Waals surface area contributed by atoms with Gasteiger partial charge in [-0.2, -0.15) is 0 Å². The van der Waals surface area contributed by atoms with Gasteiger partial charge in [0.25, 0.3) is 0 Å². The number of carbonyl (C=O) groups excluding carboxylic acids is 1. The summed E-state index contributed by atoms with van der Waals surface area (Å²) in [5, 5.41) is 3.11. The van der Waals surface area contributed by atoms with Crippen molar-refractivity contribution in [3.8, 4) is 0 Å². The van der Waals surface area contributed by atoms with Gasteiger partial charge < -0.3 is 5.32 Å². The number of benzene rings is 1. The quantitative estimate of drug-likeness (QED) is 0.820. The van der Waals surface area contributed by atoms with Gasteiger partial charge in [-0.15, -0.1) is 0 Å². The van der Waals surface area contributed by atoms with Crippen LogP contribution in [0.3, 0.4) is 0 Å². The summed E-state index contributed by atoms with van der Waals surface area (Å²) < 4.78 is 0. The average Bonchev–Trinajstić information content (AvgIpc) is 2.39. The molecule has 0 aromatic heterocycles. The molecule has 2 rings (SSSR count). The molecular formula is C17H23NO. The number of rotatable bonds is 3. The van der Waals surface area contributed by atoms with Crippen molar-refractivity contribution in [1.29, 1.82) is 0 Å². The van der Waals surface area contributed by atoms with Crippen molar-refractivity contribution in [2.24, 2.45) is 0 Å². The maximum Gasteiger partial charge on any atom is 0.244 e. The topological polar surface area (TPSA) is 29.1 Å². The lowest BCUT2D eigenvalue weighted by Crippen LogP contribution is -2.36. The Balaban J connectivity index is 1.83. The summed E-state index contributed by atoms with van der Waals surface area (Å²) in [7, 11) is 0. The van der Waals surface area contributed by atoms with Crippen molar-refractivity contribution in [3.05, 3.63) is 47.5 Å². The molecule has 2 nitrogen and oxygen atoms in total. The Bertz CT molecular complexity index is 438. The third-order valence-corrected chi connectivity index (χ3v) is 3.76. The lowest BCUT2D eigenvalue weighted by Gasteiger charge is -2.29. The zero-order valence-electron chi connectivity index (χ0n) is 11.9. The molecular weight excluding hydrogens is 234 g/mol. The molecule has 0 saturated heterocycles. The van der Waals surface area contributed by atoms with Crippen LogP contribution in [0.5, 0.6) is 0 Å². The molecule has 0 bridgehead atoms. The standard InChI is InChI=1S/C17H23NO/c1-13(2)12-17(19)18-16-10-8-15(9-11-16)14-6-4-3-5-7-14/h3-7,12,15-16H,8-11H2,1-2H3,(H,18,19). The van der Waals surface area contributed by atoms with Crippen LogP contribution in [-0.4, -0.2) is 11.9 Å². The predicted octanol–water partition coefficient (Wildman–Crippen LogP) is 3.80. The van der Waals surface area contributed by atoms with E-state index in [0.717, 1.165) is 18.4 Å². The Hall–Kier alpha value is -1.57. The van der Waals surface area contributed by atoms with E-state index in [1.807, 2.05) is 13.8 Å². The van der Waals surface area contributed by atoms with Crippen LogP contribution in [0, 0.1) is 0 Å². The maximum absolute atomic E-state index is 11.7. The van der Waals surface area contributed by atoms with Crippen LogP contribution in [0.25, 0.3) is 0 Å². The Labute approximate surface area is 115 Å². The summed E-state index contributed by atoms with van der Waals surface area (Å²) in [5.41, 5.74) is 2.49. The van der Waals surface area contributed by atoms with E-state index < -0.39 is 0 Å². The van der Waals surface area contributed by atoms with Crippen molar-refractivity contribution < 1.29 is 4.79 Å². The molecule has 0 heterocycles. The van der Waals surface area contributed by atoms with Gasteiger partial charge in [0, 0.05) is 12.1 Å². The minimum atomic E-state index is 0.0585. The van der Waals surface area contributed by atoms with Crippen LogP contribution in [-0.2, 0) is 4.79 Å². The number of carbonyl (C=O) groups is 1. The highest BCUT2D eigenvalue weighted by Crippen LogP contribution is 2.32. The smallest absolute Gasteiger partial charge is 0.244 e. The van der Waals surface area contributed by atoms with Crippen LogP contribution in [0.4, 0.5) is 0 Å². The summed E-state index contributed by atoms with van der Waals surface area (Å²) in [6.07, 6.45) is 6.20. The van der Waals surface area contributed by atoms with Crippen LogP contribution in [0.15, 0.2) is 42.0 Å². The largest absolute Gasteiger partial charge is 0.350 e. The molecule has 1 aliphatic carbocycles. The molecule has 0 aliphatic heterocycles. The van der Waals surface area contributed by atoms with Crippen molar-refractivity contribution in [2.75, 3.05) is 0 Å². The lowest BCUT2D eigenvalue weighted by atomic mass is 9.82. The number of hydrogen-bond donors (Lipinski definition) is 1. The van der Waals surface area contributed by atoms with Gasteiger partial charge in [-0.25, -0.2) is 0 Å². The molecule has 1 aliphatic rings. The van der Waals surface area contributed by atoms with E-state index in [4.69, 9.17) is 0 Å². The normalized spacial score (nSPS) is 22.6. The minimum Gasteiger partial charge on any atom is -0.350 e. The van der Waals surface area contributed by atoms with E-state index in [2.05, 4.69) is 35.6 Å². The molecule has 0 radical (unpaired) electrons. The molecule has 2 heteroatoms. The third kappa shape index (κ3) is 4.23. The van der Waals surface area contributed by atoms with Gasteiger partial charge in [0.15, 0.2) is 0 Å². The second-order valence-corrected chi connectivity index (χ2v) is 5.69. The molecule has 0 spiro atoms. The Morgan fingerprint density at radius 1 is 1.11 bits per heavy atom. The summed E-state index contributed by atoms with van der Waals surface area (Å²) in [6, 6.07) is 11.1. The fourth-order valence-electron chi connectivity index (χ4n) is 2.80. The summed E-state index contributed by atoms with van der Waals surface area (Å²) in [6.45, 7) is 3.90. The highest BCUT2D eigenvalue weighted by atomic mass is 16.1. The Kier molecular flexibility index (Phi) is 4.78. The fraction of sp³-hybridized carbons (Fsp3) is 0.471. The van der Waals surface area contributed by atoms with Gasteiger partial charge in [-0.05, 0) is 51.0 Å². The van der Waals surface area contributed by atoms with E-state index in [1.54, 1.807) is 6.08 Å². The highest BCUT2D eigenvalue weighted by molar-refractivity contribution is 5.88. The summed E-state index contributed by atoms with van der Waals surface area (Å²) >= 11 is 0. The van der Waals surface area contributed by atoms with E-state index in [0.29, 0.717) is 12.0 Å². The van der Waals surface area contributed by atoms with Crippen LogP contribution >= 0.6 is 0 Å². The van der Waals surface area contributed by atoms with Gasteiger partial charge >= 0.3 is 0 Å². The second kappa shape index (κ2) is 6.55. The van der Waals surface area contributed by atoms with Crippen LogP contribution < -0.4 is 5.32 Å². The van der Waals surface area contributed by atoms with Gasteiger partial charge in [0.05, 0.1) is 0 Å². The molecule has 1 aromatic carbocycles. The zero-order chi connectivity index (χ0) is 13.7. The van der Waals surface area contributed by atoms with E-state index in [9.17, 15) is 4.79 Å². The first-order valence-electron chi connectivity index (χ1n) is 7.15. The van der Waals surface area contributed by atoms with Crippen molar-refractivity contribution in [3.63, 3.8) is 0 Å². The lowest BCUT2D eigenvalue weighted by molar-refractivity contribution is -0.117. The zero-order valence-corrected chi connectivity index (χ0v) is 11.9. The molecule has 19 heavy (non-hydrogen) atoms. The first kappa shape index (κ1) is 13.9. The first-order chi connectivity index (χ1) is 9.15. The third-order valence-electron chi connectivity index (χ3n) is 3.76. The van der Waals surface area contributed by atoms with Gasteiger partial charge in [0.2, 0.25) is 5.91 Å². The van der Waals surface area contributed by atoms with Crippen LogP contribution in [0.2, 0.25) is 0 Å². The SMILES string of the molecule is CC(C)=CC(=O)NC1CCC(c2ccccc2)CC1. The number of allylic oxidation sites excluding steroid dienone is 1. The Morgan fingerprint density at radius 2 is 1.74 bits per heavy atom. The fourth-order valence-corrected chi connectivity index (χ4v) is 2.80. The number of hydrogen-bond acceptors (Lipinski definition) is 1. The average molecular weight is 257 g/mol. The predicted molar refractivity (Wildman–Crippen MR) is 79.0 cm³/mol. The van der Waals surface area contributed by atoms with Gasteiger partial charge in [-0.3, -0.25) is 4.79 Å². The second-order valence-electron chi connectivity index (χ2n) is 5.69. The monoisotopic (exact) mass is 257 g/mol. The molecule has 1 aromatic rings. The minimum absolute atomic E-state index is 0.0585. The highest BCUT2D eigenvalue weighted by Gasteiger charge is 2.22. The van der Waals surface area contributed by atoms with Crippen molar-refractivity contribution >= 4 is 5.91 Å². The molecule has 1 saturated carbocycles. The molecule has 1 amide bonds. The number of nitrogens with one attached hydrogen (secondary N) is 1. The summed E-state index contributed by atoms with van der Waals surface area (Å²) in [4.78, 5) is 11.7. The molecule has 0 atom stereocenters. The van der Waals surface area contributed by atoms with Gasteiger partial charge in [-0.1, -0.05) is 35.9 Å². The van der Waals surface area contributed by atoms with E-state index in [1.165, 1.54) is 18.4 Å². The maximum atomic E-state index is 11.7. The van der Waals surface area contributed by atoms with Gasteiger partial charge in [0.1, 0.15) is 0 Å². The first-order valence-corrected chi connectivity index (χ1v) is 7.15.